The smallest absolute Gasteiger partial charge is 0.242 e. The van der Waals surface area contributed by atoms with Gasteiger partial charge < -0.3 is 10.2 Å². The van der Waals surface area contributed by atoms with Gasteiger partial charge >= 0.3 is 0 Å². The summed E-state index contributed by atoms with van der Waals surface area (Å²) in [4.78, 5) is 27.1. The van der Waals surface area contributed by atoms with E-state index in [2.05, 4.69) is 5.32 Å². The SMILES string of the molecule is Cc1ccccc1CSCC(=O)N(Cc1ccccc1F)C(C)C(=O)NCC(C)C. The first-order valence-electron chi connectivity index (χ1n) is 10.2. The molecule has 1 atom stereocenters. The molecule has 1 N–H and O–H groups in total. The molecule has 0 saturated carbocycles. The zero-order valence-corrected chi connectivity index (χ0v) is 19.0. The van der Waals surface area contributed by atoms with Crippen molar-refractivity contribution in [1.82, 2.24) is 10.2 Å². The van der Waals surface area contributed by atoms with E-state index in [1.807, 2.05) is 45.0 Å². The third-order valence-corrected chi connectivity index (χ3v) is 5.86. The number of nitrogens with zero attached hydrogens (tertiary/aromatic N) is 1. The normalized spacial score (nSPS) is 11.9. The summed E-state index contributed by atoms with van der Waals surface area (Å²) >= 11 is 1.50. The molecule has 0 radical (unpaired) electrons. The molecule has 0 bridgehead atoms. The molecule has 0 spiro atoms. The quantitative estimate of drug-likeness (QED) is 0.601. The predicted molar refractivity (Wildman–Crippen MR) is 122 cm³/mol. The minimum Gasteiger partial charge on any atom is -0.354 e. The maximum Gasteiger partial charge on any atom is 0.242 e. The first-order chi connectivity index (χ1) is 14.3. The summed E-state index contributed by atoms with van der Waals surface area (Å²) < 4.78 is 14.2. The van der Waals surface area contributed by atoms with Gasteiger partial charge in [-0.2, -0.15) is 0 Å². The Labute approximate surface area is 183 Å². The lowest BCUT2D eigenvalue weighted by atomic mass is 10.1. The predicted octanol–water partition coefficient (Wildman–Crippen LogP) is 4.56. The Morgan fingerprint density at radius 1 is 1.03 bits per heavy atom. The lowest BCUT2D eigenvalue weighted by Crippen LogP contribution is -2.48. The van der Waals surface area contributed by atoms with Crippen molar-refractivity contribution in [1.29, 1.82) is 0 Å². The maximum absolute atomic E-state index is 14.2. The largest absolute Gasteiger partial charge is 0.354 e. The second kappa shape index (κ2) is 11.7. The van der Waals surface area contributed by atoms with Crippen LogP contribution in [0.3, 0.4) is 0 Å². The highest BCUT2D eigenvalue weighted by Gasteiger charge is 2.26. The highest BCUT2D eigenvalue weighted by molar-refractivity contribution is 7.99. The van der Waals surface area contributed by atoms with Crippen LogP contribution in [-0.4, -0.2) is 35.1 Å². The lowest BCUT2D eigenvalue weighted by molar-refractivity contribution is -0.138. The van der Waals surface area contributed by atoms with Crippen molar-refractivity contribution in [3.8, 4) is 0 Å². The zero-order valence-electron chi connectivity index (χ0n) is 18.2. The molecule has 162 valence electrons. The molecule has 0 saturated heterocycles. The van der Waals surface area contributed by atoms with E-state index in [9.17, 15) is 14.0 Å². The summed E-state index contributed by atoms with van der Waals surface area (Å²) in [5, 5.41) is 2.87. The van der Waals surface area contributed by atoms with Gasteiger partial charge in [-0.1, -0.05) is 56.3 Å². The second-order valence-corrected chi connectivity index (χ2v) is 8.83. The van der Waals surface area contributed by atoms with E-state index < -0.39 is 6.04 Å². The lowest BCUT2D eigenvalue weighted by Gasteiger charge is -2.29. The Balaban J connectivity index is 2.08. The molecule has 0 aliphatic rings. The fourth-order valence-electron chi connectivity index (χ4n) is 2.95. The Hall–Kier alpha value is -2.34. The highest BCUT2D eigenvalue weighted by Crippen LogP contribution is 2.19. The van der Waals surface area contributed by atoms with Gasteiger partial charge in [-0.25, -0.2) is 4.39 Å². The van der Waals surface area contributed by atoms with Crippen LogP contribution in [0.5, 0.6) is 0 Å². The Morgan fingerprint density at radius 3 is 2.30 bits per heavy atom. The number of carbonyl (C=O) groups is 2. The first kappa shape index (κ1) is 23.9. The summed E-state index contributed by atoms with van der Waals surface area (Å²) in [6.45, 7) is 8.36. The van der Waals surface area contributed by atoms with Crippen LogP contribution in [0.25, 0.3) is 0 Å². The summed E-state index contributed by atoms with van der Waals surface area (Å²) in [6.07, 6.45) is 0. The summed E-state index contributed by atoms with van der Waals surface area (Å²) in [5.74, 6) is 0.463. The van der Waals surface area contributed by atoms with E-state index in [0.29, 0.717) is 23.8 Å². The van der Waals surface area contributed by atoms with Crippen molar-refractivity contribution in [3.63, 3.8) is 0 Å². The molecule has 2 aromatic carbocycles. The molecule has 4 nitrogen and oxygen atoms in total. The molecule has 0 fully saturated rings. The maximum atomic E-state index is 14.2. The van der Waals surface area contributed by atoms with Crippen molar-refractivity contribution in [2.45, 2.75) is 46.0 Å². The number of amides is 2. The van der Waals surface area contributed by atoms with Crippen molar-refractivity contribution in [2.24, 2.45) is 5.92 Å². The molecule has 2 amide bonds. The third-order valence-electron chi connectivity index (χ3n) is 4.89. The van der Waals surface area contributed by atoms with Gasteiger partial charge in [0.05, 0.1) is 5.75 Å². The number of carbonyl (C=O) groups excluding carboxylic acids is 2. The molecule has 0 aromatic heterocycles. The van der Waals surface area contributed by atoms with Crippen LogP contribution in [0.1, 0.15) is 37.5 Å². The number of aryl methyl sites for hydroxylation is 1. The molecule has 2 rings (SSSR count). The van der Waals surface area contributed by atoms with E-state index in [-0.39, 0.29) is 29.9 Å². The molecule has 1 unspecified atom stereocenters. The van der Waals surface area contributed by atoms with Gasteiger partial charge in [-0.3, -0.25) is 9.59 Å². The number of benzene rings is 2. The van der Waals surface area contributed by atoms with Gasteiger partial charge in [0.15, 0.2) is 0 Å². The zero-order chi connectivity index (χ0) is 22.1. The van der Waals surface area contributed by atoms with Gasteiger partial charge in [0.2, 0.25) is 11.8 Å². The van der Waals surface area contributed by atoms with Gasteiger partial charge in [0.1, 0.15) is 11.9 Å². The van der Waals surface area contributed by atoms with Crippen LogP contribution < -0.4 is 5.32 Å². The molecule has 0 aliphatic heterocycles. The van der Waals surface area contributed by atoms with Gasteiger partial charge in [-0.15, -0.1) is 11.8 Å². The van der Waals surface area contributed by atoms with Gasteiger partial charge in [0, 0.05) is 24.4 Å². The molecule has 2 aromatic rings. The van der Waals surface area contributed by atoms with Crippen LogP contribution in [-0.2, 0) is 21.9 Å². The summed E-state index contributed by atoms with van der Waals surface area (Å²) in [5.41, 5.74) is 2.76. The number of rotatable bonds is 10. The Bertz CT molecular complexity index is 857. The number of nitrogens with one attached hydrogen (secondary N) is 1. The fraction of sp³-hybridized carbons (Fsp3) is 0.417. The average molecular weight is 431 g/mol. The van der Waals surface area contributed by atoms with Crippen LogP contribution >= 0.6 is 11.8 Å². The molecule has 0 heterocycles. The topological polar surface area (TPSA) is 49.4 Å². The number of halogens is 1. The second-order valence-electron chi connectivity index (χ2n) is 7.85. The van der Waals surface area contributed by atoms with Crippen molar-refractivity contribution < 1.29 is 14.0 Å². The Kier molecular flexibility index (Phi) is 9.37. The summed E-state index contributed by atoms with van der Waals surface area (Å²) in [7, 11) is 0. The number of hydrogen-bond donors (Lipinski definition) is 1. The van der Waals surface area contributed by atoms with E-state index in [1.54, 1.807) is 25.1 Å². The number of hydrogen-bond acceptors (Lipinski definition) is 3. The molecular weight excluding hydrogens is 399 g/mol. The highest BCUT2D eigenvalue weighted by atomic mass is 32.2. The average Bonchev–Trinajstić information content (AvgIpc) is 2.72. The van der Waals surface area contributed by atoms with E-state index in [4.69, 9.17) is 0 Å². The van der Waals surface area contributed by atoms with E-state index >= 15 is 0 Å². The van der Waals surface area contributed by atoms with Crippen molar-refractivity contribution in [3.05, 3.63) is 71.0 Å². The molecule has 0 aliphatic carbocycles. The van der Waals surface area contributed by atoms with Gasteiger partial charge in [-0.05, 0) is 37.0 Å². The standard InChI is InChI=1S/C24H31FN2O2S/c1-17(2)13-26-24(29)19(4)27(14-20-10-7-8-12-22(20)25)23(28)16-30-15-21-11-6-5-9-18(21)3/h5-12,17,19H,13-16H2,1-4H3,(H,26,29). The Morgan fingerprint density at radius 2 is 1.67 bits per heavy atom. The van der Waals surface area contributed by atoms with Crippen molar-refractivity contribution in [2.75, 3.05) is 12.3 Å². The molecule has 6 heteroatoms. The van der Waals surface area contributed by atoms with Gasteiger partial charge in [0.25, 0.3) is 0 Å². The minimum atomic E-state index is -0.685. The fourth-order valence-corrected chi connectivity index (χ4v) is 3.93. The van der Waals surface area contributed by atoms with Crippen LogP contribution in [0.2, 0.25) is 0 Å². The van der Waals surface area contributed by atoms with E-state index in [0.717, 1.165) is 0 Å². The first-order valence-corrected chi connectivity index (χ1v) is 11.4. The molecular formula is C24H31FN2O2S. The van der Waals surface area contributed by atoms with E-state index in [1.165, 1.54) is 33.9 Å². The van der Waals surface area contributed by atoms with Crippen LogP contribution in [0, 0.1) is 18.7 Å². The van der Waals surface area contributed by atoms with Crippen LogP contribution in [0.4, 0.5) is 4.39 Å². The van der Waals surface area contributed by atoms with Crippen molar-refractivity contribution >= 4 is 23.6 Å². The minimum absolute atomic E-state index is 0.0622. The van der Waals surface area contributed by atoms with Crippen LogP contribution in [0.15, 0.2) is 48.5 Å². The monoisotopic (exact) mass is 430 g/mol. The number of thioether (sulfide) groups is 1. The molecule has 30 heavy (non-hydrogen) atoms. The third kappa shape index (κ3) is 7.17. The summed E-state index contributed by atoms with van der Waals surface area (Å²) in [6, 6.07) is 13.7.